The molecule has 0 aliphatic carbocycles. The summed E-state index contributed by atoms with van der Waals surface area (Å²) in [5.74, 6) is 0.160. The van der Waals surface area contributed by atoms with Crippen LogP contribution in [0.5, 0.6) is 0 Å². The molecule has 1 aromatic heterocycles. The molecule has 1 aliphatic heterocycles. The molecule has 0 unspecified atom stereocenters. The van der Waals surface area contributed by atoms with Gasteiger partial charge in [0, 0.05) is 32.3 Å². The minimum Gasteiger partial charge on any atom is -0.343 e. The lowest BCUT2D eigenvalue weighted by Crippen LogP contribution is -2.31. The Hall–Kier alpha value is -1.47. The Kier molecular flexibility index (Phi) is 4.49. The zero-order valence-corrected chi connectivity index (χ0v) is 11.4. The van der Waals surface area contributed by atoms with Crippen LogP contribution in [-0.4, -0.2) is 43.8 Å². The third-order valence-electron chi connectivity index (χ3n) is 2.98. The summed E-state index contributed by atoms with van der Waals surface area (Å²) in [5, 5.41) is 0.0206. The van der Waals surface area contributed by atoms with E-state index in [2.05, 4.69) is 9.71 Å². The first-order valence-corrected chi connectivity index (χ1v) is 7.76. The van der Waals surface area contributed by atoms with Gasteiger partial charge in [0.2, 0.25) is 5.91 Å². The number of nitrogens with one attached hydrogen (secondary N) is 1. The van der Waals surface area contributed by atoms with Gasteiger partial charge in [0.1, 0.15) is 0 Å². The molecule has 1 N–H and O–H groups in total. The zero-order chi connectivity index (χ0) is 13.7. The molecule has 1 amide bonds. The molecular formula is C12H17N3O3S. The van der Waals surface area contributed by atoms with Crippen molar-refractivity contribution >= 4 is 15.9 Å². The summed E-state index contributed by atoms with van der Waals surface area (Å²) in [4.78, 5) is 16.9. The lowest BCUT2D eigenvalue weighted by Gasteiger charge is -2.15. The Balaban J connectivity index is 1.78. The molecule has 7 heteroatoms. The molecule has 1 saturated heterocycles. The van der Waals surface area contributed by atoms with Gasteiger partial charge in [0.05, 0.1) is 0 Å². The van der Waals surface area contributed by atoms with Crippen molar-refractivity contribution < 1.29 is 13.2 Å². The Morgan fingerprint density at radius 2 is 2.21 bits per heavy atom. The van der Waals surface area contributed by atoms with Crippen molar-refractivity contribution in [2.45, 2.75) is 24.3 Å². The van der Waals surface area contributed by atoms with Crippen LogP contribution in [0.4, 0.5) is 0 Å². The third kappa shape index (κ3) is 3.74. The molecule has 104 valence electrons. The van der Waals surface area contributed by atoms with E-state index in [1.165, 1.54) is 12.3 Å². The smallest absolute Gasteiger partial charge is 0.258 e. The van der Waals surface area contributed by atoms with Gasteiger partial charge >= 0.3 is 0 Å². The van der Waals surface area contributed by atoms with Crippen molar-refractivity contribution in [2.24, 2.45) is 0 Å². The van der Waals surface area contributed by atoms with Crippen molar-refractivity contribution in [3.63, 3.8) is 0 Å². The van der Waals surface area contributed by atoms with Crippen LogP contribution in [0.1, 0.15) is 19.3 Å². The van der Waals surface area contributed by atoms with Gasteiger partial charge in [-0.15, -0.1) is 0 Å². The van der Waals surface area contributed by atoms with Crippen LogP contribution in [0.3, 0.4) is 0 Å². The summed E-state index contributed by atoms with van der Waals surface area (Å²) in [6.07, 6.45) is 3.56. The SMILES string of the molecule is O=C1CCCN1CCCNS(=O)(=O)c1ccccn1. The van der Waals surface area contributed by atoms with E-state index in [1.807, 2.05) is 0 Å². The predicted octanol–water partition coefficient (Wildman–Crippen LogP) is 0.372. The topological polar surface area (TPSA) is 79.4 Å². The van der Waals surface area contributed by atoms with Crippen molar-refractivity contribution in [3.05, 3.63) is 24.4 Å². The minimum atomic E-state index is -3.53. The van der Waals surface area contributed by atoms with Crippen molar-refractivity contribution in [2.75, 3.05) is 19.6 Å². The fourth-order valence-electron chi connectivity index (χ4n) is 2.00. The third-order valence-corrected chi connectivity index (χ3v) is 4.36. The Morgan fingerprint density at radius 3 is 2.84 bits per heavy atom. The molecule has 0 spiro atoms. The van der Waals surface area contributed by atoms with E-state index in [0.29, 0.717) is 25.9 Å². The van der Waals surface area contributed by atoms with E-state index in [1.54, 1.807) is 17.0 Å². The molecule has 0 saturated carbocycles. The van der Waals surface area contributed by atoms with E-state index in [-0.39, 0.29) is 10.9 Å². The van der Waals surface area contributed by atoms with Gasteiger partial charge < -0.3 is 4.90 Å². The summed E-state index contributed by atoms with van der Waals surface area (Å²) in [6, 6.07) is 4.74. The van der Waals surface area contributed by atoms with Gasteiger partial charge in [-0.25, -0.2) is 18.1 Å². The molecule has 0 bridgehead atoms. The van der Waals surface area contributed by atoms with Crippen LogP contribution < -0.4 is 4.72 Å². The number of amides is 1. The monoisotopic (exact) mass is 283 g/mol. The highest BCUT2D eigenvalue weighted by Crippen LogP contribution is 2.09. The van der Waals surface area contributed by atoms with Crippen LogP contribution in [0.15, 0.2) is 29.4 Å². The van der Waals surface area contributed by atoms with Gasteiger partial charge in [-0.2, -0.15) is 0 Å². The number of sulfonamides is 1. The van der Waals surface area contributed by atoms with Gasteiger partial charge in [-0.1, -0.05) is 6.07 Å². The molecule has 0 radical (unpaired) electrons. The maximum atomic E-state index is 11.8. The second kappa shape index (κ2) is 6.12. The highest BCUT2D eigenvalue weighted by Gasteiger charge is 2.19. The summed E-state index contributed by atoms with van der Waals surface area (Å²) in [6.45, 7) is 1.69. The Morgan fingerprint density at radius 1 is 1.37 bits per heavy atom. The maximum Gasteiger partial charge on any atom is 0.258 e. The van der Waals surface area contributed by atoms with Crippen molar-refractivity contribution in [1.29, 1.82) is 0 Å². The van der Waals surface area contributed by atoms with Crippen LogP contribution in [-0.2, 0) is 14.8 Å². The first-order valence-electron chi connectivity index (χ1n) is 6.28. The average molecular weight is 283 g/mol. The van der Waals surface area contributed by atoms with Crippen LogP contribution in [0.25, 0.3) is 0 Å². The largest absolute Gasteiger partial charge is 0.343 e. The van der Waals surface area contributed by atoms with E-state index >= 15 is 0 Å². The number of aromatic nitrogens is 1. The first kappa shape index (κ1) is 14.0. The number of pyridine rings is 1. The Bertz CT molecular complexity index is 530. The quantitative estimate of drug-likeness (QED) is 0.765. The van der Waals surface area contributed by atoms with E-state index in [0.717, 1.165) is 13.0 Å². The predicted molar refractivity (Wildman–Crippen MR) is 69.9 cm³/mol. The summed E-state index contributed by atoms with van der Waals surface area (Å²) in [5.41, 5.74) is 0. The standard InChI is InChI=1S/C12H17N3O3S/c16-12-6-3-9-15(12)10-4-8-14-19(17,18)11-5-1-2-7-13-11/h1-2,5,7,14H,3-4,6,8-10H2. The van der Waals surface area contributed by atoms with Crippen LogP contribution in [0, 0.1) is 0 Å². The van der Waals surface area contributed by atoms with Gasteiger partial charge in [-0.05, 0) is 25.0 Å². The molecule has 2 heterocycles. The fraction of sp³-hybridized carbons (Fsp3) is 0.500. The van der Waals surface area contributed by atoms with Crippen molar-refractivity contribution in [1.82, 2.24) is 14.6 Å². The summed E-state index contributed by atoms with van der Waals surface area (Å²) < 4.78 is 26.2. The van der Waals surface area contributed by atoms with Crippen molar-refractivity contribution in [3.8, 4) is 0 Å². The molecule has 1 aliphatic rings. The fourth-order valence-corrected chi connectivity index (χ4v) is 3.02. The molecular weight excluding hydrogens is 266 g/mol. The second-order valence-electron chi connectivity index (χ2n) is 4.40. The minimum absolute atomic E-state index is 0.0206. The lowest BCUT2D eigenvalue weighted by molar-refractivity contribution is -0.127. The molecule has 2 rings (SSSR count). The van der Waals surface area contributed by atoms with E-state index in [4.69, 9.17) is 0 Å². The number of rotatable bonds is 6. The highest BCUT2D eigenvalue weighted by molar-refractivity contribution is 7.89. The van der Waals surface area contributed by atoms with Gasteiger partial charge in [-0.3, -0.25) is 4.79 Å². The number of hydrogen-bond donors (Lipinski definition) is 1. The highest BCUT2D eigenvalue weighted by atomic mass is 32.2. The maximum absolute atomic E-state index is 11.8. The zero-order valence-electron chi connectivity index (χ0n) is 10.6. The van der Waals surface area contributed by atoms with Gasteiger partial charge in [0.15, 0.2) is 5.03 Å². The van der Waals surface area contributed by atoms with E-state index in [9.17, 15) is 13.2 Å². The molecule has 19 heavy (non-hydrogen) atoms. The van der Waals surface area contributed by atoms with Gasteiger partial charge in [0.25, 0.3) is 10.0 Å². The molecule has 0 aromatic carbocycles. The van der Waals surface area contributed by atoms with Crippen LogP contribution >= 0.6 is 0 Å². The number of carbonyl (C=O) groups is 1. The molecule has 0 atom stereocenters. The summed E-state index contributed by atoms with van der Waals surface area (Å²) >= 11 is 0. The summed E-state index contributed by atoms with van der Waals surface area (Å²) in [7, 11) is -3.53. The lowest BCUT2D eigenvalue weighted by atomic mass is 10.4. The molecule has 1 aromatic rings. The average Bonchev–Trinajstić information content (AvgIpc) is 2.81. The van der Waals surface area contributed by atoms with E-state index < -0.39 is 10.0 Å². The Labute approximate surface area is 112 Å². The second-order valence-corrected chi connectivity index (χ2v) is 6.12. The van der Waals surface area contributed by atoms with Crippen LogP contribution in [0.2, 0.25) is 0 Å². The number of hydrogen-bond acceptors (Lipinski definition) is 4. The normalized spacial score (nSPS) is 16.0. The number of carbonyl (C=O) groups excluding carboxylic acids is 1. The molecule has 6 nitrogen and oxygen atoms in total. The number of likely N-dealkylation sites (tertiary alicyclic amines) is 1. The molecule has 1 fully saturated rings. The number of nitrogens with zero attached hydrogens (tertiary/aromatic N) is 2. The first-order chi connectivity index (χ1) is 9.09.